The first-order valence-corrected chi connectivity index (χ1v) is 5.71. The first-order valence-electron chi connectivity index (χ1n) is 5.71. The number of anilines is 1. The van der Waals surface area contributed by atoms with E-state index in [0.717, 1.165) is 18.3 Å². The summed E-state index contributed by atoms with van der Waals surface area (Å²) in [5, 5.41) is 18.6. The van der Waals surface area contributed by atoms with Crippen LogP contribution in [0, 0.1) is 5.92 Å². The number of nitrogens with one attached hydrogen (secondary N) is 1. The summed E-state index contributed by atoms with van der Waals surface area (Å²) in [5.41, 5.74) is 0.671. The lowest BCUT2D eigenvalue weighted by atomic mass is 9.83. The van der Waals surface area contributed by atoms with Gasteiger partial charge in [0.25, 0.3) is 0 Å². The highest BCUT2D eigenvalue weighted by molar-refractivity contribution is 5.41. The molecule has 6 heteroatoms. The molecular weight excluding hydrogens is 204 g/mol. The summed E-state index contributed by atoms with van der Waals surface area (Å²) in [5.74, 6) is 1.75. The fourth-order valence-electron chi connectivity index (χ4n) is 1.93. The monoisotopic (exact) mass is 218 g/mol. The third-order valence-electron chi connectivity index (χ3n) is 3.15. The molecule has 1 fully saturated rings. The average Bonchev–Trinajstić information content (AvgIpc) is 2.68. The number of rotatable bonds is 4. The van der Waals surface area contributed by atoms with E-state index in [1.54, 1.807) is 0 Å². The molecule has 2 heterocycles. The summed E-state index contributed by atoms with van der Waals surface area (Å²) >= 11 is 0. The fourth-order valence-corrected chi connectivity index (χ4v) is 1.93. The third-order valence-corrected chi connectivity index (χ3v) is 3.15. The Hall–Kier alpha value is -1.72. The van der Waals surface area contributed by atoms with Gasteiger partial charge < -0.3 is 5.32 Å². The number of aromatic nitrogens is 5. The molecule has 0 unspecified atom stereocenters. The molecule has 0 radical (unpaired) electrons. The smallest absolute Gasteiger partial charge is 0.200 e. The normalized spacial score (nSPS) is 16.2. The van der Waals surface area contributed by atoms with E-state index in [0.29, 0.717) is 5.65 Å². The van der Waals surface area contributed by atoms with Crippen LogP contribution in [-0.4, -0.2) is 31.8 Å². The van der Waals surface area contributed by atoms with Crippen molar-refractivity contribution in [2.45, 2.75) is 25.7 Å². The van der Waals surface area contributed by atoms with Gasteiger partial charge in [0.15, 0.2) is 5.65 Å². The molecule has 0 bridgehead atoms. The topological polar surface area (TPSA) is 68.0 Å². The summed E-state index contributed by atoms with van der Waals surface area (Å²) in [6.45, 7) is 0.977. The Morgan fingerprint density at radius 2 is 2.31 bits per heavy atom. The highest BCUT2D eigenvalue weighted by atomic mass is 15.6. The zero-order valence-electron chi connectivity index (χ0n) is 9.00. The molecule has 1 aliphatic rings. The van der Waals surface area contributed by atoms with E-state index in [4.69, 9.17) is 0 Å². The highest BCUT2D eigenvalue weighted by Gasteiger charge is 2.16. The van der Waals surface area contributed by atoms with E-state index < -0.39 is 0 Å². The first-order chi connectivity index (χ1) is 7.92. The van der Waals surface area contributed by atoms with Gasteiger partial charge >= 0.3 is 0 Å². The zero-order chi connectivity index (χ0) is 10.8. The molecule has 3 rings (SSSR count). The number of hydrogen-bond acceptors (Lipinski definition) is 5. The molecule has 0 spiro atoms. The van der Waals surface area contributed by atoms with E-state index in [1.807, 2.05) is 12.1 Å². The average molecular weight is 218 g/mol. The van der Waals surface area contributed by atoms with Crippen LogP contribution in [0.15, 0.2) is 12.1 Å². The van der Waals surface area contributed by atoms with Crippen molar-refractivity contribution in [1.82, 2.24) is 25.3 Å². The van der Waals surface area contributed by atoms with E-state index in [2.05, 4.69) is 25.9 Å². The minimum Gasteiger partial charge on any atom is -0.369 e. The van der Waals surface area contributed by atoms with Crippen LogP contribution < -0.4 is 5.32 Å². The molecule has 1 saturated carbocycles. The van der Waals surface area contributed by atoms with Crippen molar-refractivity contribution < 1.29 is 0 Å². The van der Waals surface area contributed by atoms with Crippen LogP contribution in [-0.2, 0) is 0 Å². The summed E-state index contributed by atoms with van der Waals surface area (Å²) in [7, 11) is 0. The molecule has 0 aliphatic heterocycles. The van der Waals surface area contributed by atoms with E-state index in [1.165, 1.54) is 30.3 Å². The van der Waals surface area contributed by atoms with E-state index in [-0.39, 0.29) is 0 Å². The van der Waals surface area contributed by atoms with Gasteiger partial charge in [0.1, 0.15) is 5.82 Å². The molecule has 16 heavy (non-hydrogen) atoms. The van der Waals surface area contributed by atoms with E-state index >= 15 is 0 Å². The molecule has 0 aromatic carbocycles. The Kier molecular flexibility index (Phi) is 2.40. The third kappa shape index (κ3) is 1.82. The zero-order valence-corrected chi connectivity index (χ0v) is 9.00. The lowest BCUT2D eigenvalue weighted by Gasteiger charge is -2.25. The van der Waals surface area contributed by atoms with Crippen molar-refractivity contribution in [2.24, 2.45) is 5.92 Å². The first kappa shape index (κ1) is 9.50. The largest absolute Gasteiger partial charge is 0.369 e. The summed E-state index contributed by atoms with van der Waals surface area (Å²) in [6, 6.07) is 3.77. The maximum atomic E-state index is 4.25. The molecule has 2 aromatic rings. The molecule has 2 aromatic heterocycles. The van der Waals surface area contributed by atoms with Crippen LogP contribution in [0.2, 0.25) is 0 Å². The molecule has 0 saturated heterocycles. The van der Waals surface area contributed by atoms with Crippen molar-refractivity contribution >= 4 is 11.5 Å². The summed E-state index contributed by atoms with van der Waals surface area (Å²) < 4.78 is 1.44. The van der Waals surface area contributed by atoms with Gasteiger partial charge in [-0.25, -0.2) is 0 Å². The minimum atomic E-state index is 0.671. The number of fused-ring (bicyclic) bond motifs is 1. The predicted molar refractivity (Wildman–Crippen MR) is 59.0 cm³/mol. The van der Waals surface area contributed by atoms with Gasteiger partial charge in [-0.15, -0.1) is 14.8 Å². The molecule has 0 atom stereocenters. The lowest BCUT2D eigenvalue weighted by Crippen LogP contribution is -2.16. The second-order valence-corrected chi connectivity index (χ2v) is 4.26. The minimum absolute atomic E-state index is 0.671. The van der Waals surface area contributed by atoms with Gasteiger partial charge in [0.2, 0.25) is 0 Å². The van der Waals surface area contributed by atoms with Crippen LogP contribution in [0.3, 0.4) is 0 Å². The molecule has 84 valence electrons. The Morgan fingerprint density at radius 1 is 1.38 bits per heavy atom. The second-order valence-electron chi connectivity index (χ2n) is 4.26. The van der Waals surface area contributed by atoms with Crippen LogP contribution in [0.1, 0.15) is 25.7 Å². The predicted octanol–water partition coefficient (Wildman–Crippen LogP) is 1.12. The molecule has 0 amide bonds. The Morgan fingerprint density at radius 3 is 3.12 bits per heavy atom. The molecular formula is C10H14N6. The van der Waals surface area contributed by atoms with Gasteiger partial charge in [-0.2, -0.15) is 0 Å². The Labute approximate surface area is 93.0 Å². The van der Waals surface area contributed by atoms with Crippen LogP contribution in [0.4, 0.5) is 5.82 Å². The van der Waals surface area contributed by atoms with Crippen molar-refractivity contribution in [1.29, 1.82) is 0 Å². The highest BCUT2D eigenvalue weighted by Crippen LogP contribution is 2.28. The summed E-state index contributed by atoms with van der Waals surface area (Å²) in [6.07, 6.45) is 5.41. The quantitative estimate of drug-likeness (QED) is 0.832. The maximum absolute atomic E-state index is 4.25. The second kappa shape index (κ2) is 4.03. The standard InChI is InChI=1S/C10H14N6/c1-2-8(3-1)6-7-11-9-4-5-10-12-14-15-16(10)13-9/h4-5,8H,1-3,6-7H2,(H,11,13). The maximum Gasteiger partial charge on any atom is 0.200 e. The molecule has 1 aliphatic carbocycles. The fraction of sp³-hybridized carbons (Fsp3) is 0.600. The van der Waals surface area contributed by atoms with Gasteiger partial charge in [0, 0.05) is 6.54 Å². The van der Waals surface area contributed by atoms with Gasteiger partial charge in [-0.05, 0) is 34.9 Å². The molecule has 6 nitrogen and oxygen atoms in total. The van der Waals surface area contributed by atoms with Crippen molar-refractivity contribution in [3.05, 3.63) is 12.1 Å². The lowest BCUT2D eigenvalue weighted by molar-refractivity contribution is 0.303. The van der Waals surface area contributed by atoms with Gasteiger partial charge in [-0.1, -0.05) is 19.3 Å². The van der Waals surface area contributed by atoms with Crippen LogP contribution in [0.25, 0.3) is 5.65 Å². The number of tetrazole rings is 1. The van der Waals surface area contributed by atoms with Crippen molar-refractivity contribution in [3.63, 3.8) is 0 Å². The van der Waals surface area contributed by atoms with Crippen molar-refractivity contribution in [3.8, 4) is 0 Å². The van der Waals surface area contributed by atoms with Gasteiger partial charge in [0.05, 0.1) is 0 Å². The van der Waals surface area contributed by atoms with Crippen LogP contribution >= 0.6 is 0 Å². The van der Waals surface area contributed by atoms with Gasteiger partial charge in [-0.3, -0.25) is 0 Å². The SMILES string of the molecule is c1cc2nnnn2nc1NCCC1CCC1. The molecule has 1 N–H and O–H groups in total. The Bertz CT molecular complexity index is 475. The number of hydrogen-bond donors (Lipinski definition) is 1. The van der Waals surface area contributed by atoms with E-state index in [9.17, 15) is 0 Å². The van der Waals surface area contributed by atoms with Crippen molar-refractivity contribution in [2.75, 3.05) is 11.9 Å². The summed E-state index contributed by atoms with van der Waals surface area (Å²) in [4.78, 5) is 0. The number of nitrogens with zero attached hydrogens (tertiary/aromatic N) is 5. The Balaban J connectivity index is 1.60. The van der Waals surface area contributed by atoms with Crippen LogP contribution in [0.5, 0.6) is 0 Å².